The van der Waals surface area contributed by atoms with Crippen molar-refractivity contribution in [2.75, 3.05) is 51.3 Å². The van der Waals surface area contributed by atoms with Crippen LogP contribution in [0.4, 0.5) is 5.69 Å². The summed E-state index contributed by atoms with van der Waals surface area (Å²) >= 11 is 7.75. The maximum Gasteiger partial charge on any atom is 0.219 e. The topological polar surface area (TPSA) is 106 Å². The number of nitrogens with zero attached hydrogens (tertiary/aromatic N) is 3. The average molecular weight is 731 g/mol. The third-order valence-corrected chi connectivity index (χ3v) is 10.7. The molecular formula is C39H59ClN4O5S. The molecule has 3 aliphatic rings. The van der Waals surface area contributed by atoms with E-state index in [-0.39, 0.29) is 17.7 Å². The number of carbonyl (C=O) groups excluding carboxylic acids is 2. The number of halogens is 1. The minimum absolute atomic E-state index is 0.0483. The average Bonchev–Trinajstić information content (AvgIpc) is 3.24. The summed E-state index contributed by atoms with van der Waals surface area (Å²) in [7, 11) is 1.79. The predicted octanol–water partition coefficient (Wildman–Crippen LogP) is 7.17. The summed E-state index contributed by atoms with van der Waals surface area (Å²) in [6.07, 6.45) is 9.59. The minimum atomic E-state index is -0.566. The number of aliphatic hydroxyl groups is 2. The third kappa shape index (κ3) is 12.2. The number of carbonyl (C=O) groups is 2. The van der Waals surface area contributed by atoms with Crippen molar-refractivity contribution in [3.8, 4) is 5.75 Å². The molecule has 2 heterocycles. The Kier molecular flexibility index (Phi) is 18.0. The second-order valence-electron chi connectivity index (χ2n) is 13.2. The van der Waals surface area contributed by atoms with E-state index in [1.807, 2.05) is 44.2 Å². The SMILES string of the molecule is CC.CCCc1cc(Cl)ccc1C1COc2ccc(C(C)O)cc2N(CC2CCC2C(O)/C=C/CCN(C)C(C)=O)C1.O=CNSN1CCC1. The smallest absolute Gasteiger partial charge is 0.219 e. The van der Waals surface area contributed by atoms with Crippen molar-refractivity contribution < 1.29 is 24.5 Å². The van der Waals surface area contributed by atoms with Gasteiger partial charge in [0.25, 0.3) is 0 Å². The Hall–Kier alpha value is -2.76. The van der Waals surface area contributed by atoms with Gasteiger partial charge < -0.3 is 24.7 Å². The zero-order valence-electron chi connectivity index (χ0n) is 30.8. The Bertz CT molecular complexity index is 1370. The number of fused-ring (bicyclic) bond motifs is 1. The number of aliphatic hydroxyl groups excluding tert-OH is 2. The molecule has 1 aliphatic carbocycles. The van der Waals surface area contributed by atoms with Gasteiger partial charge in [0.15, 0.2) is 0 Å². The molecule has 9 nitrogen and oxygen atoms in total. The maximum atomic E-state index is 11.4. The van der Waals surface area contributed by atoms with Crippen LogP contribution in [0.25, 0.3) is 0 Å². The van der Waals surface area contributed by atoms with E-state index in [0.29, 0.717) is 25.5 Å². The van der Waals surface area contributed by atoms with E-state index in [1.54, 1.807) is 25.8 Å². The molecule has 5 unspecified atom stereocenters. The normalized spacial score (nSPS) is 21.0. The summed E-state index contributed by atoms with van der Waals surface area (Å²) in [5.74, 6) is 1.60. The quantitative estimate of drug-likeness (QED) is 0.107. The minimum Gasteiger partial charge on any atom is -0.491 e. The van der Waals surface area contributed by atoms with Gasteiger partial charge in [-0.05, 0) is 91.8 Å². The van der Waals surface area contributed by atoms with E-state index in [9.17, 15) is 19.8 Å². The van der Waals surface area contributed by atoms with Gasteiger partial charge in [-0.25, -0.2) is 4.31 Å². The summed E-state index contributed by atoms with van der Waals surface area (Å²) < 4.78 is 11.0. The fourth-order valence-corrected chi connectivity index (χ4v) is 7.25. The van der Waals surface area contributed by atoms with Crippen LogP contribution in [-0.4, -0.2) is 84.2 Å². The fraction of sp³-hybridized carbons (Fsp3) is 0.590. The third-order valence-electron chi connectivity index (χ3n) is 9.67. The van der Waals surface area contributed by atoms with Gasteiger partial charge >= 0.3 is 0 Å². The highest BCUT2D eigenvalue weighted by molar-refractivity contribution is 7.95. The lowest BCUT2D eigenvalue weighted by atomic mass is 9.70. The summed E-state index contributed by atoms with van der Waals surface area (Å²) in [6.45, 7) is 14.6. The molecule has 11 heteroatoms. The molecule has 1 saturated heterocycles. The van der Waals surface area contributed by atoms with Gasteiger partial charge in [0.05, 0.1) is 24.5 Å². The zero-order valence-corrected chi connectivity index (χ0v) is 32.4. The predicted molar refractivity (Wildman–Crippen MR) is 207 cm³/mol. The molecule has 0 spiro atoms. The van der Waals surface area contributed by atoms with Crippen molar-refractivity contribution in [1.82, 2.24) is 13.9 Å². The standard InChI is InChI=1S/C33H45ClN2O4.C4H8N2OS.C2H6/c1-5-8-25-17-28(34)12-14-29(25)27-20-36(31-18-24(22(2)37)11-15-33(31)40-21-27)19-26-10-13-30(26)32(39)9-6-7-16-35(4)23(3)38;7-4-5-8-6-2-1-3-6;1-2/h6,9,11-12,14-15,17-18,22,26-27,30,32,37,39H,5,7-8,10,13,16,19-21H2,1-4H3;4H,1-3H2,(H,5,7);1-2H3/b9-6+;;. The number of anilines is 1. The Morgan fingerprint density at radius 3 is 2.54 bits per heavy atom. The highest BCUT2D eigenvalue weighted by Crippen LogP contribution is 2.43. The monoisotopic (exact) mass is 730 g/mol. The molecule has 2 aliphatic heterocycles. The second kappa shape index (κ2) is 21.6. The Labute approximate surface area is 309 Å². The highest BCUT2D eigenvalue weighted by atomic mass is 35.5. The van der Waals surface area contributed by atoms with Crippen molar-refractivity contribution in [2.45, 2.75) is 91.3 Å². The molecule has 278 valence electrons. The lowest BCUT2D eigenvalue weighted by molar-refractivity contribution is -0.127. The molecule has 1 saturated carbocycles. The number of benzene rings is 2. The van der Waals surface area contributed by atoms with E-state index in [2.05, 4.69) is 39.1 Å². The van der Waals surface area contributed by atoms with Crippen molar-refractivity contribution in [3.63, 3.8) is 0 Å². The van der Waals surface area contributed by atoms with Crippen molar-refractivity contribution in [2.24, 2.45) is 11.8 Å². The summed E-state index contributed by atoms with van der Waals surface area (Å²) in [5.41, 5.74) is 4.43. The largest absolute Gasteiger partial charge is 0.491 e. The lowest BCUT2D eigenvalue weighted by Crippen LogP contribution is -2.44. The molecule has 0 bridgehead atoms. The van der Waals surface area contributed by atoms with Crippen molar-refractivity contribution in [3.05, 3.63) is 70.3 Å². The first-order valence-electron chi connectivity index (χ1n) is 18.3. The Balaban J connectivity index is 0.000000586. The number of nitrogens with one attached hydrogen (secondary N) is 1. The fourth-order valence-electron chi connectivity index (χ4n) is 6.42. The summed E-state index contributed by atoms with van der Waals surface area (Å²) in [6, 6.07) is 12.2. The van der Waals surface area contributed by atoms with Crippen LogP contribution in [0.5, 0.6) is 5.75 Å². The van der Waals surface area contributed by atoms with Crippen molar-refractivity contribution in [1.29, 1.82) is 0 Å². The summed E-state index contributed by atoms with van der Waals surface area (Å²) in [5, 5.41) is 22.1. The Morgan fingerprint density at radius 2 is 1.94 bits per heavy atom. The molecule has 2 amide bonds. The second-order valence-corrected chi connectivity index (χ2v) is 14.5. The number of hydrogen-bond donors (Lipinski definition) is 3. The number of aryl methyl sites for hydroxylation is 1. The molecule has 0 radical (unpaired) electrons. The van der Waals surface area contributed by atoms with E-state index in [1.165, 1.54) is 29.7 Å². The van der Waals surface area contributed by atoms with Gasteiger partial charge in [0.1, 0.15) is 5.75 Å². The van der Waals surface area contributed by atoms with Crippen LogP contribution in [0, 0.1) is 11.8 Å². The Morgan fingerprint density at radius 1 is 1.18 bits per heavy atom. The van der Waals surface area contributed by atoms with Gasteiger partial charge in [0, 0.05) is 69.8 Å². The van der Waals surface area contributed by atoms with Gasteiger partial charge in [-0.1, -0.05) is 63.1 Å². The van der Waals surface area contributed by atoms with Gasteiger partial charge in [-0.2, -0.15) is 0 Å². The van der Waals surface area contributed by atoms with Gasteiger partial charge in [0.2, 0.25) is 12.3 Å². The van der Waals surface area contributed by atoms with E-state index in [4.69, 9.17) is 16.3 Å². The number of hydrogen-bond acceptors (Lipinski definition) is 8. The molecule has 2 aromatic carbocycles. The van der Waals surface area contributed by atoms with Crippen LogP contribution in [0.15, 0.2) is 48.6 Å². The van der Waals surface area contributed by atoms with Crippen LogP contribution in [0.1, 0.15) is 95.4 Å². The van der Waals surface area contributed by atoms with Crippen LogP contribution in [0.3, 0.4) is 0 Å². The van der Waals surface area contributed by atoms with Crippen molar-refractivity contribution >= 4 is 41.7 Å². The number of amides is 2. The van der Waals surface area contributed by atoms with E-state index >= 15 is 0 Å². The van der Waals surface area contributed by atoms with Crippen LogP contribution in [-0.2, 0) is 16.0 Å². The van der Waals surface area contributed by atoms with Crippen LogP contribution < -0.4 is 14.4 Å². The first-order chi connectivity index (χ1) is 24.1. The first-order valence-corrected chi connectivity index (χ1v) is 19.4. The van der Waals surface area contributed by atoms with Crippen LogP contribution in [0.2, 0.25) is 5.02 Å². The molecule has 50 heavy (non-hydrogen) atoms. The van der Waals surface area contributed by atoms with Gasteiger partial charge in [-0.15, -0.1) is 0 Å². The molecule has 2 aromatic rings. The molecule has 2 fully saturated rings. The van der Waals surface area contributed by atoms with Gasteiger partial charge in [-0.3, -0.25) is 14.3 Å². The van der Waals surface area contributed by atoms with E-state index < -0.39 is 12.2 Å². The molecule has 5 rings (SSSR count). The highest BCUT2D eigenvalue weighted by Gasteiger charge is 2.38. The molecular weight excluding hydrogens is 672 g/mol. The maximum absolute atomic E-state index is 11.4. The first kappa shape index (κ1) is 41.7. The molecule has 0 aromatic heterocycles. The molecule has 3 N–H and O–H groups in total. The summed E-state index contributed by atoms with van der Waals surface area (Å²) in [4.78, 5) is 25.2. The van der Waals surface area contributed by atoms with E-state index in [0.717, 1.165) is 80.3 Å². The zero-order chi connectivity index (χ0) is 36.6. The number of rotatable bonds is 14. The van der Waals surface area contributed by atoms with Crippen LogP contribution >= 0.6 is 23.7 Å². The number of ether oxygens (including phenoxy) is 1. The lowest BCUT2D eigenvalue weighted by Gasteiger charge is -2.42. The molecule has 5 atom stereocenters.